The van der Waals surface area contributed by atoms with Gasteiger partial charge in [0.15, 0.2) is 23.1 Å². The van der Waals surface area contributed by atoms with E-state index in [9.17, 15) is 35.5 Å². The molecule has 206 valence electrons. The number of ketones is 2. The first-order valence-corrected chi connectivity index (χ1v) is 14.1. The number of nitrogens with two attached hydrogens (primary N) is 2. The van der Waals surface area contributed by atoms with E-state index >= 15 is 0 Å². The second-order valence-electron chi connectivity index (χ2n) is 8.54. The molecule has 1 aliphatic rings. The van der Waals surface area contributed by atoms with Crippen LogP contribution in [0, 0.1) is 0 Å². The molecule has 16 heteroatoms. The van der Waals surface area contributed by atoms with Gasteiger partial charge < -0.3 is 20.9 Å². The van der Waals surface area contributed by atoms with Gasteiger partial charge in [-0.25, -0.2) is 0 Å². The topological polar surface area (TPSA) is 213 Å². The Balaban J connectivity index is 0.00000242. The number of hydrogen-bond acceptors (Lipinski definition) is 10. The Labute approximate surface area is 284 Å². The van der Waals surface area contributed by atoms with Crippen LogP contribution in [0.4, 0.5) is 11.4 Å². The first kappa shape index (κ1) is 33.7. The van der Waals surface area contributed by atoms with Crippen LogP contribution in [-0.2, 0) is 20.2 Å². The Morgan fingerprint density at radius 1 is 0.548 bits per heavy atom. The Kier molecular flexibility index (Phi) is 10.0. The van der Waals surface area contributed by atoms with Crippen molar-refractivity contribution >= 4 is 102 Å². The number of ether oxygens (including phenoxy) is 2. The second-order valence-corrected chi connectivity index (χ2v) is 11.4. The van der Waals surface area contributed by atoms with Crippen molar-refractivity contribution in [3.63, 3.8) is 0 Å². The minimum Gasteiger partial charge on any atom is -0.451 e. The van der Waals surface area contributed by atoms with E-state index in [0.29, 0.717) is 0 Å². The van der Waals surface area contributed by atoms with Crippen molar-refractivity contribution in [1.82, 2.24) is 0 Å². The van der Waals surface area contributed by atoms with Crippen molar-refractivity contribution in [2.75, 3.05) is 11.5 Å². The van der Waals surface area contributed by atoms with Crippen molar-refractivity contribution in [3.05, 3.63) is 95.1 Å². The Morgan fingerprint density at radius 3 is 1.14 bits per heavy atom. The van der Waals surface area contributed by atoms with Gasteiger partial charge in [0.2, 0.25) is 0 Å². The molecule has 0 saturated heterocycles. The van der Waals surface area contributed by atoms with E-state index in [1.807, 2.05) is 0 Å². The van der Waals surface area contributed by atoms with Crippen molar-refractivity contribution < 1.29 is 45.0 Å². The van der Waals surface area contributed by atoms with E-state index in [0.717, 1.165) is 24.3 Å². The summed E-state index contributed by atoms with van der Waals surface area (Å²) in [7, 11) is -8.98. The van der Waals surface area contributed by atoms with Gasteiger partial charge >= 0.3 is 0 Å². The van der Waals surface area contributed by atoms with Crippen LogP contribution in [0.15, 0.2) is 82.6 Å². The number of carbonyl (C=O) groups is 2. The van der Waals surface area contributed by atoms with Crippen LogP contribution < -0.4 is 20.9 Å². The quantitative estimate of drug-likeness (QED) is 0.121. The van der Waals surface area contributed by atoms with Crippen LogP contribution >= 0.6 is 0 Å². The number of anilines is 2. The van der Waals surface area contributed by atoms with Crippen molar-refractivity contribution in [2.24, 2.45) is 0 Å². The van der Waals surface area contributed by atoms with Crippen molar-refractivity contribution in [3.8, 4) is 23.0 Å². The Morgan fingerprint density at radius 2 is 0.857 bits per heavy atom. The molecule has 0 saturated carbocycles. The van der Waals surface area contributed by atoms with E-state index in [1.54, 1.807) is 12.1 Å². The number of carbonyl (C=O) groups excluding carboxylic acids is 2. The first-order valence-electron chi connectivity index (χ1n) is 11.2. The predicted octanol–water partition coefficient (Wildman–Crippen LogP) is 2.94. The Bertz CT molecular complexity index is 1810. The van der Waals surface area contributed by atoms with E-state index in [4.69, 9.17) is 20.9 Å². The maximum atomic E-state index is 13.4. The summed E-state index contributed by atoms with van der Waals surface area (Å²) in [6.07, 6.45) is 0. The van der Waals surface area contributed by atoms with E-state index < -0.39 is 41.6 Å². The summed E-state index contributed by atoms with van der Waals surface area (Å²) in [4.78, 5) is 26.0. The summed E-state index contributed by atoms with van der Waals surface area (Å²) < 4.78 is 75.9. The molecule has 5 rings (SSSR count). The van der Waals surface area contributed by atoms with Gasteiger partial charge in [-0.1, -0.05) is 24.3 Å². The summed E-state index contributed by atoms with van der Waals surface area (Å²) in [5.41, 5.74) is 11.9. The molecule has 2 radical (unpaired) electrons. The fourth-order valence-electron chi connectivity index (χ4n) is 4.16. The molecule has 4 aromatic rings. The molecule has 0 aliphatic heterocycles. The van der Waals surface area contributed by atoms with E-state index in [-0.39, 0.29) is 116 Å². The molecule has 0 amide bonds. The maximum Gasteiger partial charge on any atom is 0.294 e. The molecule has 1 aliphatic carbocycles. The van der Waals surface area contributed by atoms with E-state index in [1.165, 1.54) is 36.4 Å². The van der Waals surface area contributed by atoms with Gasteiger partial charge in [0.25, 0.3) is 20.2 Å². The van der Waals surface area contributed by atoms with Gasteiger partial charge in [-0.3, -0.25) is 18.7 Å². The molecule has 0 aromatic heterocycles. The molecule has 0 heterocycles. The fraction of sp³-hybridized carbons (Fsp3) is 0. The predicted molar refractivity (Wildman–Crippen MR) is 153 cm³/mol. The van der Waals surface area contributed by atoms with Crippen LogP contribution in [0.3, 0.4) is 0 Å². The molecule has 0 atom stereocenters. The van der Waals surface area contributed by atoms with Crippen molar-refractivity contribution in [2.45, 2.75) is 9.79 Å². The summed E-state index contributed by atoms with van der Waals surface area (Å²) in [5, 5.41) is 0. The van der Waals surface area contributed by atoms with Gasteiger partial charge in [0.1, 0.15) is 11.5 Å². The molecule has 0 fully saturated rings. The van der Waals surface area contributed by atoms with Crippen molar-refractivity contribution in [1.29, 1.82) is 0 Å². The SMILES string of the molecule is Nc1c(Oc2ccc(S(=O)(=O)O)cc2)c(Oc2ccc(S(=O)(=O)O)cc2)c(N)c2c1C(=O)c1ccccc1C2=O.[Na].[Na]. The largest absolute Gasteiger partial charge is 0.451 e. The number of nitrogen functional groups attached to an aromatic ring is 2. The average molecular weight is 629 g/mol. The molecule has 6 N–H and O–H groups in total. The van der Waals surface area contributed by atoms with Gasteiger partial charge in [-0.2, -0.15) is 16.8 Å². The Hall–Kier alpha value is -2.76. The molecule has 12 nitrogen and oxygen atoms in total. The molecule has 0 spiro atoms. The summed E-state index contributed by atoms with van der Waals surface area (Å²) in [6.45, 7) is 0. The second kappa shape index (κ2) is 12.5. The number of fused-ring (bicyclic) bond motifs is 2. The zero-order valence-corrected chi connectivity index (χ0v) is 27.7. The third-order valence-corrected chi connectivity index (χ3v) is 7.77. The number of benzene rings is 4. The summed E-state index contributed by atoms with van der Waals surface area (Å²) >= 11 is 0. The molecule has 0 unspecified atom stereocenters. The maximum absolute atomic E-state index is 13.4. The fourth-order valence-corrected chi connectivity index (χ4v) is 5.12. The van der Waals surface area contributed by atoms with E-state index in [2.05, 4.69) is 0 Å². The number of hydrogen-bond donors (Lipinski definition) is 4. The first-order chi connectivity index (χ1) is 18.8. The van der Waals surface area contributed by atoms with Gasteiger partial charge in [-0.15, -0.1) is 0 Å². The van der Waals surface area contributed by atoms with Crippen LogP contribution in [-0.4, -0.2) is 96.6 Å². The monoisotopic (exact) mass is 628 g/mol. The third-order valence-electron chi connectivity index (χ3n) is 6.04. The van der Waals surface area contributed by atoms with Crippen LogP contribution in [0.25, 0.3) is 0 Å². The molecule has 4 aromatic carbocycles. The number of rotatable bonds is 6. The third kappa shape index (κ3) is 6.28. The summed E-state index contributed by atoms with van der Waals surface area (Å²) in [5.74, 6) is -1.78. The normalized spacial score (nSPS) is 12.3. The van der Waals surface area contributed by atoms with Crippen LogP contribution in [0.2, 0.25) is 0 Å². The molecule has 42 heavy (non-hydrogen) atoms. The minimum absolute atomic E-state index is 0. The van der Waals surface area contributed by atoms with Gasteiger partial charge in [0, 0.05) is 70.2 Å². The molecule has 0 bridgehead atoms. The summed E-state index contributed by atoms with van der Waals surface area (Å²) in [6, 6.07) is 15.1. The molecular weight excluding hydrogens is 610 g/mol. The van der Waals surface area contributed by atoms with Crippen LogP contribution in [0.5, 0.6) is 23.0 Å². The molecular formula is C26H18N2Na2O10S2. The van der Waals surface area contributed by atoms with Crippen LogP contribution in [0.1, 0.15) is 31.8 Å². The average Bonchev–Trinajstić information content (AvgIpc) is 2.90. The minimum atomic E-state index is -4.49. The van der Waals surface area contributed by atoms with Gasteiger partial charge in [-0.05, 0) is 48.5 Å². The zero-order valence-electron chi connectivity index (χ0n) is 22.1. The smallest absolute Gasteiger partial charge is 0.294 e. The zero-order chi connectivity index (χ0) is 29.0. The van der Waals surface area contributed by atoms with Gasteiger partial charge in [0.05, 0.1) is 32.3 Å². The standard InChI is InChI=1S/C26H18N2O10S2.2Na/c27-21-19-20(24(30)18-4-2-1-3-17(18)23(19)29)22(28)26(38-14-7-11-16(12-8-14)40(34,35)36)25(21)37-13-5-9-15(10-6-13)39(31,32)33;;/h1-12H,27-28H2,(H,31,32,33)(H,34,35,36);;.